The summed E-state index contributed by atoms with van der Waals surface area (Å²) in [7, 11) is 1.85. The number of nitrogens with zero attached hydrogens (tertiary/aromatic N) is 4. The second-order valence-corrected chi connectivity index (χ2v) is 6.57. The van der Waals surface area contributed by atoms with Crippen molar-refractivity contribution in [3.63, 3.8) is 0 Å². The summed E-state index contributed by atoms with van der Waals surface area (Å²) in [6, 6.07) is 13.0. The van der Waals surface area contributed by atoms with Gasteiger partial charge in [-0.05, 0) is 42.3 Å². The minimum atomic E-state index is -2.39. The topological polar surface area (TPSA) is 54.5 Å². The van der Waals surface area contributed by atoms with Gasteiger partial charge in [0.05, 0.1) is 28.9 Å². The molecule has 2 aromatic carbocycles. The molecule has 0 bridgehead atoms. The molecule has 2 aromatic heterocycles. The summed E-state index contributed by atoms with van der Waals surface area (Å²) >= 11 is 0. The highest BCUT2D eigenvalue weighted by molar-refractivity contribution is 6.11. The van der Waals surface area contributed by atoms with Gasteiger partial charge in [0.2, 0.25) is 6.43 Å². The van der Waals surface area contributed by atoms with Crippen molar-refractivity contribution >= 4 is 21.8 Å². The lowest BCUT2D eigenvalue weighted by Crippen LogP contribution is -2.00. The fraction of sp³-hybridized carbons (Fsp3) is 0.190. The van der Waals surface area contributed by atoms with Crippen LogP contribution in [0.5, 0.6) is 0 Å². The minimum Gasteiger partial charge on any atom is -0.266 e. The molecule has 0 aliphatic heterocycles. The average Bonchev–Trinajstić information content (AvgIpc) is 2.99. The molecule has 6 heteroatoms. The normalized spacial score (nSPS) is 11.4. The van der Waals surface area contributed by atoms with E-state index in [1.165, 1.54) is 0 Å². The minimum absolute atomic E-state index is 0.281. The standard InChI is InChI=1S/C21H16F2N4/c1-12-7-16-17(8-15(12)9-19(22)23)25-11-18-20(16)21(26-27(18)2)14-5-3-13(10-24)4-6-14/h3-8,11,19H,9H2,1-2H3. The predicted octanol–water partition coefficient (Wildman–Crippen LogP) is 4.78. The SMILES string of the molecule is Cc1cc2c(cc1CC(F)F)ncc1c2c(-c2ccc(C#N)cc2)nn1C. The molecule has 0 aliphatic carbocycles. The Hall–Kier alpha value is -3.33. The van der Waals surface area contributed by atoms with Gasteiger partial charge in [-0.2, -0.15) is 10.4 Å². The van der Waals surface area contributed by atoms with Gasteiger partial charge < -0.3 is 0 Å². The number of pyridine rings is 1. The van der Waals surface area contributed by atoms with Crippen LogP contribution in [0.3, 0.4) is 0 Å². The Labute approximate surface area is 154 Å². The second kappa shape index (κ2) is 6.44. The summed E-state index contributed by atoms with van der Waals surface area (Å²) in [6.45, 7) is 1.84. The van der Waals surface area contributed by atoms with Crippen LogP contribution < -0.4 is 0 Å². The first-order chi connectivity index (χ1) is 13.0. The number of benzene rings is 2. The zero-order valence-corrected chi connectivity index (χ0v) is 14.9. The Morgan fingerprint density at radius 1 is 1.19 bits per heavy atom. The highest BCUT2D eigenvalue weighted by atomic mass is 19.3. The van der Waals surface area contributed by atoms with E-state index in [2.05, 4.69) is 16.2 Å². The molecule has 0 amide bonds. The van der Waals surface area contributed by atoms with Crippen LogP contribution in [0.2, 0.25) is 0 Å². The lowest BCUT2D eigenvalue weighted by molar-refractivity contribution is 0.149. The van der Waals surface area contributed by atoms with Gasteiger partial charge >= 0.3 is 0 Å². The lowest BCUT2D eigenvalue weighted by Gasteiger charge is -2.09. The van der Waals surface area contributed by atoms with Crippen molar-refractivity contribution in [1.29, 1.82) is 5.26 Å². The summed E-state index contributed by atoms with van der Waals surface area (Å²) in [5, 5.41) is 15.5. The molecule has 0 N–H and O–H groups in total. The molecule has 0 aliphatic rings. The van der Waals surface area contributed by atoms with Gasteiger partial charge in [-0.3, -0.25) is 9.67 Å². The number of aryl methyl sites for hydroxylation is 2. The number of fused-ring (bicyclic) bond motifs is 3. The van der Waals surface area contributed by atoms with Gasteiger partial charge in [-0.1, -0.05) is 12.1 Å². The van der Waals surface area contributed by atoms with Gasteiger partial charge in [0, 0.05) is 29.8 Å². The number of nitriles is 1. The van der Waals surface area contributed by atoms with Crippen molar-refractivity contribution in [2.45, 2.75) is 19.8 Å². The maximum Gasteiger partial charge on any atom is 0.242 e. The molecule has 0 radical (unpaired) electrons. The van der Waals surface area contributed by atoms with E-state index in [1.54, 1.807) is 29.1 Å². The molecule has 0 saturated carbocycles. The molecule has 0 spiro atoms. The van der Waals surface area contributed by atoms with E-state index in [0.717, 1.165) is 33.1 Å². The maximum atomic E-state index is 12.8. The molecule has 0 saturated heterocycles. The van der Waals surface area contributed by atoms with E-state index >= 15 is 0 Å². The van der Waals surface area contributed by atoms with Gasteiger partial charge in [0.25, 0.3) is 0 Å². The smallest absolute Gasteiger partial charge is 0.242 e. The number of hydrogen-bond donors (Lipinski definition) is 0. The average molecular weight is 362 g/mol. The number of halogens is 2. The maximum absolute atomic E-state index is 12.8. The van der Waals surface area contributed by atoms with Crippen molar-refractivity contribution in [2.75, 3.05) is 0 Å². The van der Waals surface area contributed by atoms with Crippen LogP contribution in [0.1, 0.15) is 16.7 Å². The van der Waals surface area contributed by atoms with Gasteiger partial charge in [0.1, 0.15) is 5.69 Å². The number of alkyl halides is 2. The molecule has 0 unspecified atom stereocenters. The quantitative estimate of drug-likeness (QED) is 0.527. The predicted molar refractivity (Wildman–Crippen MR) is 101 cm³/mol. The molecular formula is C21H16F2N4. The van der Waals surface area contributed by atoms with E-state index in [0.29, 0.717) is 16.6 Å². The summed E-state index contributed by atoms with van der Waals surface area (Å²) in [5.41, 5.74) is 5.21. The lowest BCUT2D eigenvalue weighted by atomic mass is 9.98. The monoisotopic (exact) mass is 362 g/mol. The van der Waals surface area contributed by atoms with Crippen LogP contribution >= 0.6 is 0 Å². The van der Waals surface area contributed by atoms with Crippen molar-refractivity contribution in [3.8, 4) is 17.3 Å². The third-order valence-corrected chi connectivity index (χ3v) is 4.80. The third kappa shape index (κ3) is 2.91. The van der Waals surface area contributed by atoms with E-state index < -0.39 is 6.43 Å². The van der Waals surface area contributed by atoms with Crippen LogP contribution in [-0.2, 0) is 13.5 Å². The first kappa shape index (κ1) is 17.1. The van der Waals surface area contributed by atoms with Crippen molar-refractivity contribution < 1.29 is 8.78 Å². The second-order valence-electron chi connectivity index (χ2n) is 6.57. The largest absolute Gasteiger partial charge is 0.266 e. The molecule has 27 heavy (non-hydrogen) atoms. The molecule has 4 aromatic rings. The molecule has 134 valence electrons. The summed E-state index contributed by atoms with van der Waals surface area (Å²) in [6.07, 6.45) is -0.950. The van der Waals surface area contributed by atoms with Gasteiger partial charge in [-0.15, -0.1) is 0 Å². The number of rotatable bonds is 3. The van der Waals surface area contributed by atoms with Crippen LogP contribution in [-0.4, -0.2) is 21.2 Å². The van der Waals surface area contributed by atoms with Crippen LogP contribution in [0.25, 0.3) is 33.1 Å². The fourth-order valence-electron chi connectivity index (χ4n) is 3.42. The Kier molecular flexibility index (Phi) is 4.08. The van der Waals surface area contributed by atoms with E-state index in [-0.39, 0.29) is 6.42 Å². The van der Waals surface area contributed by atoms with E-state index in [1.807, 2.05) is 32.2 Å². The molecule has 4 nitrogen and oxygen atoms in total. The van der Waals surface area contributed by atoms with Crippen molar-refractivity contribution in [1.82, 2.24) is 14.8 Å². The van der Waals surface area contributed by atoms with Gasteiger partial charge in [0.15, 0.2) is 0 Å². The van der Waals surface area contributed by atoms with Crippen LogP contribution in [0.15, 0.2) is 42.6 Å². The molecule has 2 heterocycles. The summed E-state index contributed by atoms with van der Waals surface area (Å²) < 4.78 is 27.5. The van der Waals surface area contributed by atoms with E-state index in [9.17, 15) is 8.78 Å². The molecular weight excluding hydrogens is 346 g/mol. The zero-order valence-electron chi connectivity index (χ0n) is 14.9. The molecule has 0 atom stereocenters. The fourth-order valence-corrected chi connectivity index (χ4v) is 3.42. The first-order valence-corrected chi connectivity index (χ1v) is 8.51. The van der Waals surface area contributed by atoms with Crippen molar-refractivity contribution in [2.24, 2.45) is 7.05 Å². The summed E-state index contributed by atoms with van der Waals surface area (Å²) in [4.78, 5) is 4.46. The zero-order chi connectivity index (χ0) is 19.1. The van der Waals surface area contributed by atoms with E-state index in [4.69, 9.17) is 5.26 Å². The van der Waals surface area contributed by atoms with Gasteiger partial charge in [-0.25, -0.2) is 8.78 Å². The highest BCUT2D eigenvalue weighted by Crippen LogP contribution is 2.34. The molecule has 4 rings (SSSR count). The Morgan fingerprint density at radius 3 is 2.59 bits per heavy atom. The Balaban J connectivity index is 2.00. The Morgan fingerprint density at radius 2 is 1.93 bits per heavy atom. The summed E-state index contributed by atoms with van der Waals surface area (Å²) in [5.74, 6) is 0. The first-order valence-electron chi connectivity index (χ1n) is 8.51. The number of aromatic nitrogens is 3. The van der Waals surface area contributed by atoms with Crippen LogP contribution in [0.4, 0.5) is 8.78 Å². The number of hydrogen-bond acceptors (Lipinski definition) is 3. The third-order valence-electron chi connectivity index (χ3n) is 4.80. The highest BCUT2D eigenvalue weighted by Gasteiger charge is 2.17. The Bertz CT molecular complexity index is 1200. The van der Waals surface area contributed by atoms with Crippen molar-refractivity contribution in [3.05, 3.63) is 59.3 Å². The molecule has 0 fully saturated rings. The van der Waals surface area contributed by atoms with Crippen LogP contribution in [0, 0.1) is 18.3 Å².